The summed E-state index contributed by atoms with van der Waals surface area (Å²) in [6.07, 6.45) is 0. The van der Waals surface area contributed by atoms with E-state index in [2.05, 4.69) is 531 Å². The molecule has 0 saturated heterocycles. The second-order valence-corrected chi connectivity index (χ2v) is 42.6. The van der Waals surface area contributed by atoms with Gasteiger partial charge in [0.2, 0.25) is 0 Å². The van der Waals surface area contributed by atoms with Crippen molar-refractivity contribution in [1.82, 2.24) is 0 Å². The van der Waals surface area contributed by atoms with Crippen LogP contribution in [0.5, 0.6) is 0 Å². The Balaban J connectivity index is 0.000000110. The van der Waals surface area contributed by atoms with Crippen molar-refractivity contribution >= 4 is 86.2 Å². The summed E-state index contributed by atoms with van der Waals surface area (Å²) >= 11 is 0. The summed E-state index contributed by atoms with van der Waals surface area (Å²) in [5.41, 5.74) is 48.7. The standard InChI is InChI=1S/C51H40.2C46H34/c1-31-21-24-42-43(27-31)49(35-23-26-39-37-16-9-11-20-45(37)51(4,5)47(39)30-35)41-18-7-6-17-40(41)48(42)34-14-12-13-32(28-34)33-22-25-38-36-15-8-10-19-44(36)50(2,3)46(38)29-33;1-29-22-24-40-41(26-29)45(33-23-25-37-36-17-8-9-21-42(36)46(2,3)43(37)28-33)39-19-7-6-18-38(39)44(40)32-15-10-14-31(27-32)35-20-11-13-30-12-4-5-16-34(30)35;1-29-19-23-40-41(25-29)45(35-22-24-37-36-15-8-9-18-42(36)46(2,3)43(37)28-35)39-17-7-6-16-38(39)44(40)34-14-10-13-32(27-34)33-21-20-30-11-4-5-12-31(30)26-33/h6-30H,1-5H3;2*4-28H,1-3H3. The fourth-order valence-electron chi connectivity index (χ4n) is 25.6. The van der Waals surface area contributed by atoms with Crippen LogP contribution in [0.2, 0.25) is 0 Å². The van der Waals surface area contributed by atoms with E-state index < -0.39 is 0 Å². The second-order valence-electron chi connectivity index (χ2n) is 42.6. The van der Waals surface area contributed by atoms with E-state index in [1.54, 1.807) is 0 Å². The van der Waals surface area contributed by atoms with Crippen molar-refractivity contribution < 1.29 is 0 Å². The molecule has 0 N–H and O–H groups in total. The lowest BCUT2D eigenvalue weighted by Gasteiger charge is -2.23. The van der Waals surface area contributed by atoms with Crippen LogP contribution < -0.4 is 0 Å². The average Bonchev–Trinajstić information content (AvgIpc) is 1.28. The Morgan fingerprint density at radius 3 is 0.713 bits per heavy atom. The van der Waals surface area contributed by atoms with E-state index in [-0.39, 0.29) is 21.7 Å². The summed E-state index contributed by atoms with van der Waals surface area (Å²) in [6, 6.07) is 170. The van der Waals surface area contributed by atoms with Gasteiger partial charge in [-0.1, -0.05) is 479 Å². The predicted octanol–water partition coefficient (Wildman–Crippen LogP) is 39.4. The van der Waals surface area contributed by atoms with Gasteiger partial charge in [0.15, 0.2) is 0 Å². The van der Waals surface area contributed by atoms with Gasteiger partial charge in [-0.2, -0.15) is 0 Å². The number of rotatable bonds is 9. The number of hydrogen-bond acceptors (Lipinski definition) is 0. The molecule has 24 aromatic rings. The highest BCUT2D eigenvalue weighted by molar-refractivity contribution is 6.25. The van der Waals surface area contributed by atoms with Gasteiger partial charge < -0.3 is 0 Å². The molecule has 0 aromatic heterocycles. The van der Waals surface area contributed by atoms with Crippen molar-refractivity contribution in [2.45, 2.75) is 97.8 Å². The highest BCUT2D eigenvalue weighted by Gasteiger charge is 2.41. The van der Waals surface area contributed by atoms with Crippen LogP contribution in [0.1, 0.15) is 117 Å². The number of fused-ring (bicyclic) bond motifs is 20. The lowest BCUT2D eigenvalue weighted by molar-refractivity contribution is 0.660. The van der Waals surface area contributed by atoms with Crippen LogP contribution in [0.4, 0.5) is 0 Å². The maximum atomic E-state index is 2.48. The fraction of sp³-hybridized carbons (Fsp3) is 0.105. The minimum Gasteiger partial charge on any atom is -0.0619 e. The van der Waals surface area contributed by atoms with Crippen molar-refractivity contribution in [3.8, 4) is 145 Å². The Hall–Kier alpha value is -16.6. The third kappa shape index (κ3) is 13.9. The minimum absolute atomic E-state index is 0.0325. The van der Waals surface area contributed by atoms with Gasteiger partial charge in [-0.15, -0.1) is 0 Å². The zero-order chi connectivity index (χ0) is 96.6. The minimum atomic E-state index is -0.0562. The molecule has 143 heavy (non-hydrogen) atoms. The first kappa shape index (κ1) is 86.7. The quantitative estimate of drug-likeness (QED) is 0.126. The summed E-state index contributed by atoms with van der Waals surface area (Å²) in [5.74, 6) is 0. The smallest absolute Gasteiger partial charge is 0.0159 e. The van der Waals surface area contributed by atoms with E-state index in [1.807, 2.05) is 0 Å². The van der Waals surface area contributed by atoms with Gasteiger partial charge in [-0.3, -0.25) is 0 Å². The molecule has 680 valence electrons. The van der Waals surface area contributed by atoms with E-state index >= 15 is 0 Å². The van der Waals surface area contributed by atoms with Crippen LogP contribution >= 0.6 is 0 Å². The number of benzene rings is 24. The third-order valence-corrected chi connectivity index (χ3v) is 32.7. The van der Waals surface area contributed by atoms with Crippen molar-refractivity contribution in [1.29, 1.82) is 0 Å². The van der Waals surface area contributed by atoms with Crippen molar-refractivity contribution in [3.05, 3.63) is 516 Å². The molecule has 4 aliphatic carbocycles. The Morgan fingerprint density at radius 2 is 0.343 bits per heavy atom. The second kappa shape index (κ2) is 33.3. The molecular weight excluding hydrogens is 1720 g/mol. The molecule has 0 radical (unpaired) electrons. The largest absolute Gasteiger partial charge is 0.0619 e. The topological polar surface area (TPSA) is 0 Å². The maximum Gasteiger partial charge on any atom is 0.0159 e. The van der Waals surface area contributed by atoms with E-state index in [9.17, 15) is 0 Å². The Kier molecular flexibility index (Phi) is 20.2. The van der Waals surface area contributed by atoms with Gasteiger partial charge in [-0.05, 0) is 345 Å². The van der Waals surface area contributed by atoms with Gasteiger partial charge in [0.05, 0.1) is 0 Å². The highest BCUT2D eigenvalue weighted by Crippen LogP contribution is 2.58. The molecule has 0 spiro atoms. The molecule has 0 amide bonds. The van der Waals surface area contributed by atoms with Crippen molar-refractivity contribution in [2.24, 2.45) is 0 Å². The van der Waals surface area contributed by atoms with Gasteiger partial charge in [0.25, 0.3) is 0 Å². The normalized spacial score (nSPS) is 13.8. The summed E-state index contributed by atoms with van der Waals surface area (Å²) in [4.78, 5) is 0. The van der Waals surface area contributed by atoms with E-state index in [4.69, 9.17) is 0 Å². The van der Waals surface area contributed by atoms with Crippen LogP contribution in [0, 0.1) is 20.8 Å². The van der Waals surface area contributed by atoms with Gasteiger partial charge in [-0.25, -0.2) is 0 Å². The zero-order valence-corrected chi connectivity index (χ0v) is 82.8. The average molecular weight is 1830 g/mol. The van der Waals surface area contributed by atoms with Crippen LogP contribution in [0.25, 0.3) is 231 Å². The first-order chi connectivity index (χ1) is 69.7. The van der Waals surface area contributed by atoms with E-state index in [0.29, 0.717) is 0 Å². The molecule has 28 rings (SSSR count). The lowest BCUT2D eigenvalue weighted by atomic mass is 9.80. The Morgan fingerprint density at radius 1 is 0.119 bits per heavy atom. The monoisotopic (exact) mass is 1820 g/mol. The number of hydrogen-bond donors (Lipinski definition) is 0. The van der Waals surface area contributed by atoms with Gasteiger partial charge in [0, 0.05) is 21.7 Å². The molecule has 24 aromatic carbocycles. The Bertz CT molecular complexity index is 9490. The zero-order valence-electron chi connectivity index (χ0n) is 82.8. The SMILES string of the molecule is Cc1ccc2c(-c3cccc(-c4ccc5c(c4)C(C)(C)c4ccccc4-5)c3)c3ccccc3c(-c3ccc4c(c3)C(C)(C)c3ccccc3-4)c2c1.Cc1ccc2c(-c3cccc(-c4ccc5ccccc5c4)c3)c3ccccc3c(-c3ccc4c(c3)C(C)(C)c3ccccc3-4)c2c1.Cc1ccc2c(-c3cccc(-c4cccc5ccccc45)c3)c3ccccc3c(-c3ccc4c(c3)C(C)(C)c3ccccc3-4)c2c1. The molecule has 0 nitrogen and oxygen atoms in total. The molecular formula is C143H108. The molecule has 0 fully saturated rings. The van der Waals surface area contributed by atoms with E-state index in [0.717, 1.165) is 0 Å². The van der Waals surface area contributed by atoms with Crippen molar-refractivity contribution in [2.75, 3.05) is 0 Å². The molecule has 0 heterocycles. The van der Waals surface area contributed by atoms with Gasteiger partial charge >= 0.3 is 0 Å². The lowest BCUT2D eigenvalue weighted by Crippen LogP contribution is -2.14. The summed E-state index contributed by atoms with van der Waals surface area (Å²) < 4.78 is 0. The number of aryl methyl sites for hydroxylation is 3. The Labute approximate surface area is 838 Å². The molecule has 0 aliphatic heterocycles. The maximum absolute atomic E-state index is 2.48. The third-order valence-electron chi connectivity index (χ3n) is 32.7. The summed E-state index contributed by atoms with van der Waals surface area (Å²) in [6.45, 7) is 25.6. The van der Waals surface area contributed by atoms with Gasteiger partial charge in [0.1, 0.15) is 0 Å². The molecule has 0 bridgehead atoms. The van der Waals surface area contributed by atoms with Crippen molar-refractivity contribution in [3.63, 3.8) is 0 Å². The summed E-state index contributed by atoms with van der Waals surface area (Å²) in [5, 5.41) is 20.6. The molecule has 4 aliphatic rings. The summed E-state index contributed by atoms with van der Waals surface area (Å²) in [7, 11) is 0. The predicted molar refractivity (Wildman–Crippen MR) is 613 cm³/mol. The van der Waals surface area contributed by atoms with Crippen LogP contribution in [-0.4, -0.2) is 0 Å². The highest BCUT2D eigenvalue weighted by atomic mass is 14.4. The first-order valence-corrected chi connectivity index (χ1v) is 50.8. The molecule has 0 atom stereocenters. The van der Waals surface area contributed by atoms with Crippen LogP contribution in [-0.2, 0) is 21.7 Å². The van der Waals surface area contributed by atoms with Crippen LogP contribution in [0.15, 0.2) is 455 Å². The molecule has 0 heteroatoms. The molecule has 0 saturated carbocycles. The van der Waals surface area contributed by atoms with Crippen LogP contribution in [0.3, 0.4) is 0 Å². The fourth-order valence-corrected chi connectivity index (χ4v) is 25.6. The first-order valence-electron chi connectivity index (χ1n) is 50.8. The van der Waals surface area contributed by atoms with E-state index in [1.165, 1.54) is 292 Å². The molecule has 0 unspecified atom stereocenters.